The first-order chi connectivity index (χ1) is 8.13. The third-order valence-corrected chi connectivity index (χ3v) is 2.26. The Balaban J connectivity index is 2.36. The molecule has 0 aliphatic carbocycles. The highest BCUT2D eigenvalue weighted by Gasteiger charge is 2.09. The molecule has 3 N–H and O–H groups in total. The maximum absolute atomic E-state index is 11.4. The minimum absolute atomic E-state index is 0.104. The number of aliphatic hydroxyl groups excluding tert-OH is 1. The molecule has 0 saturated heterocycles. The zero-order chi connectivity index (χ0) is 12.7. The minimum atomic E-state index is -0.734. The molecule has 0 radical (unpaired) electrons. The van der Waals surface area contributed by atoms with Crippen LogP contribution < -0.4 is 10.6 Å². The van der Waals surface area contributed by atoms with Gasteiger partial charge in [0, 0.05) is 25.0 Å². The smallest absolute Gasteiger partial charge is 0.315 e. The van der Waals surface area contributed by atoms with Crippen LogP contribution in [0, 0.1) is 0 Å². The molecule has 1 aromatic rings. The van der Waals surface area contributed by atoms with Gasteiger partial charge in [-0.1, -0.05) is 6.08 Å². The van der Waals surface area contributed by atoms with Gasteiger partial charge in [-0.25, -0.2) is 4.79 Å². The number of pyridine rings is 1. The highest BCUT2D eigenvalue weighted by Crippen LogP contribution is 2.09. The average molecular weight is 235 g/mol. The molecule has 0 spiro atoms. The summed E-state index contributed by atoms with van der Waals surface area (Å²) in [6, 6.07) is 2.98. The Morgan fingerprint density at radius 1 is 1.59 bits per heavy atom. The van der Waals surface area contributed by atoms with Crippen LogP contribution in [0.4, 0.5) is 4.79 Å². The van der Waals surface area contributed by atoms with E-state index < -0.39 is 6.10 Å². The summed E-state index contributed by atoms with van der Waals surface area (Å²) < 4.78 is 0. The fourth-order valence-electron chi connectivity index (χ4n) is 1.21. The quantitative estimate of drug-likeness (QED) is 0.666. The molecule has 1 rings (SSSR count). The van der Waals surface area contributed by atoms with Crippen LogP contribution in [-0.2, 0) is 0 Å². The van der Waals surface area contributed by atoms with Crippen LogP contribution in [0.1, 0.15) is 18.6 Å². The van der Waals surface area contributed by atoms with E-state index in [0.717, 1.165) is 5.56 Å². The number of nitrogens with zero attached hydrogens (tertiary/aromatic N) is 1. The number of carbonyl (C=O) groups excluding carboxylic acids is 1. The Hall–Kier alpha value is -1.88. The lowest BCUT2D eigenvalue weighted by Gasteiger charge is -2.14. The molecule has 2 amide bonds. The molecule has 0 saturated carbocycles. The SMILES string of the molecule is C=CC(C)NC(=O)NCC(O)c1ccncc1. The van der Waals surface area contributed by atoms with Gasteiger partial charge in [0.05, 0.1) is 6.10 Å². The van der Waals surface area contributed by atoms with Crippen LogP contribution in [0.25, 0.3) is 0 Å². The molecule has 0 fully saturated rings. The maximum Gasteiger partial charge on any atom is 0.315 e. The van der Waals surface area contributed by atoms with Crippen LogP contribution in [-0.4, -0.2) is 28.7 Å². The van der Waals surface area contributed by atoms with E-state index in [1.807, 2.05) is 6.92 Å². The zero-order valence-corrected chi connectivity index (χ0v) is 9.76. The number of urea groups is 1. The number of rotatable bonds is 5. The van der Waals surface area contributed by atoms with Gasteiger partial charge in [-0.3, -0.25) is 4.98 Å². The van der Waals surface area contributed by atoms with Crippen LogP contribution in [0.2, 0.25) is 0 Å². The van der Waals surface area contributed by atoms with E-state index in [1.165, 1.54) is 0 Å². The van der Waals surface area contributed by atoms with Gasteiger partial charge in [-0.2, -0.15) is 0 Å². The Labute approximate surface area is 101 Å². The number of nitrogens with one attached hydrogen (secondary N) is 2. The van der Waals surface area contributed by atoms with Gasteiger partial charge in [0.1, 0.15) is 0 Å². The first-order valence-electron chi connectivity index (χ1n) is 5.38. The van der Waals surface area contributed by atoms with Crippen molar-refractivity contribution in [3.63, 3.8) is 0 Å². The van der Waals surface area contributed by atoms with E-state index >= 15 is 0 Å². The van der Waals surface area contributed by atoms with E-state index in [4.69, 9.17) is 0 Å². The van der Waals surface area contributed by atoms with Gasteiger partial charge in [0.15, 0.2) is 0 Å². The molecule has 0 aromatic carbocycles. The molecular formula is C12H17N3O2. The highest BCUT2D eigenvalue weighted by molar-refractivity contribution is 5.74. The van der Waals surface area contributed by atoms with Crippen LogP contribution in [0.3, 0.4) is 0 Å². The second-order valence-electron chi connectivity index (χ2n) is 3.68. The number of aromatic nitrogens is 1. The molecule has 5 heteroatoms. The topological polar surface area (TPSA) is 74.2 Å². The predicted octanol–water partition coefficient (Wildman–Crippen LogP) is 0.989. The number of hydrogen-bond acceptors (Lipinski definition) is 3. The third kappa shape index (κ3) is 4.65. The molecule has 92 valence electrons. The molecule has 2 atom stereocenters. The van der Waals surface area contributed by atoms with E-state index in [1.54, 1.807) is 30.6 Å². The van der Waals surface area contributed by atoms with Crippen LogP contribution in [0.5, 0.6) is 0 Å². The molecule has 1 aromatic heterocycles. The molecule has 17 heavy (non-hydrogen) atoms. The van der Waals surface area contributed by atoms with Crippen molar-refractivity contribution < 1.29 is 9.90 Å². The number of hydrogen-bond donors (Lipinski definition) is 3. The van der Waals surface area contributed by atoms with Gasteiger partial charge in [-0.15, -0.1) is 6.58 Å². The van der Waals surface area contributed by atoms with Crippen molar-refractivity contribution in [2.45, 2.75) is 19.1 Å². The van der Waals surface area contributed by atoms with Gasteiger partial charge in [0.25, 0.3) is 0 Å². The predicted molar refractivity (Wildman–Crippen MR) is 65.4 cm³/mol. The normalized spacial score (nSPS) is 13.5. The molecule has 2 unspecified atom stereocenters. The second-order valence-corrected chi connectivity index (χ2v) is 3.68. The first-order valence-corrected chi connectivity index (χ1v) is 5.38. The second kappa shape index (κ2) is 6.65. The molecule has 0 aliphatic rings. The average Bonchev–Trinajstić information content (AvgIpc) is 2.36. The summed E-state index contributed by atoms with van der Waals surface area (Å²) in [4.78, 5) is 15.2. The van der Waals surface area contributed by atoms with Crippen molar-refractivity contribution in [3.05, 3.63) is 42.7 Å². The van der Waals surface area contributed by atoms with Crippen LogP contribution in [0.15, 0.2) is 37.2 Å². The van der Waals surface area contributed by atoms with Crippen molar-refractivity contribution in [1.29, 1.82) is 0 Å². The number of amides is 2. The lowest BCUT2D eigenvalue weighted by Crippen LogP contribution is -2.41. The number of carbonyl (C=O) groups is 1. The van der Waals surface area contributed by atoms with Gasteiger partial charge < -0.3 is 15.7 Å². The first kappa shape index (κ1) is 13.2. The summed E-state index contributed by atoms with van der Waals surface area (Å²) in [7, 11) is 0. The van der Waals surface area contributed by atoms with Crippen molar-refractivity contribution in [2.24, 2.45) is 0 Å². The third-order valence-electron chi connectivity index (χ3n) is 2.26. The summed E-state index contributed by atoms with van der Waals surface area (Å²) in [5.41, 5.74) is 0.720. The molecule has 0 bridgehead atoms. The fraction of sp³-hybridized carbons (Fsp3) is 0.333. The number of aliphatic hydroxyl groups is 1. The van der Waals surface area contributed by atoms with E-state index in [2.05, 4.69) is 22.2 Å². The Bertz CT molecular complexity index is 367. The zero-order valence-electron chi connectivity index (χ0n) is 9.76. The van der Waals surface area contributed by atoms with Crippen molar-refractivity contribution in [2.75, 3.05) is 6.54 Å². The van der Waals surface area contributed by atoms with Crippen LogP contribution >= 0.6 is 0 Å². The Kier molecular flexibility index (Phi) is 5.16. The van der Waals surface area contributed by atoms with Crippen molar-refractivity contribution >= 4 is 6.03 Å². The molecule has 5 nitrogen and oxygen atoms in total. The van der Waals surface area contributed by atoms with Crippen molar-refractivity contribution in [1.82, 2.24) is 15.6 Å². The van der Waals surface area contributed by atoms with Gasteiger partial charge in [0.2, 0.25) is 0 Å². The monoisotopic (exact) mass is 235 g/mol. The Morgan fingerprint density at radius 2 is 2.24 bits per heavy atom. The largest absolute Gasteiger partial charge is 0.387 e. The summed E-state index contributed by atoms with van der Waals surface area (Å²) in [6.07, 6.45) is 4.08. The fourth-order valence-corrected chi connectivity index (χ4v) is 1.21. The van der Waals surface area contributed by atoms with Gasteiger partial charge >= 0.3 is 6.03 Å². The lowest BCUT2D eigenvalue weighted by atomic mass is 10.1. The summed E-state index contributed by atoms with van der Waals surface area (Å²) in [5.74, 6) is 0. The lowest BCUT2D eigenvalue weighted by molar-refractivity contribution is 0.173. The Morgan fingerprint density at radius 3 is 2.82 bits per heavy atom. The molecule has 1 heterocycles. The summed E-state index contributed by atoms with van der Waals surface area (Å²) in [5, 5.41) is 15.0. The van der Waals surface area contributed by atoms with E-state index in [-0.39, 0.29) is 18.6 Å². The molecule has 0 aliphatic heterocycles. The summed E-state index contributed by atoms with van der Waals surface area (Å²) in [6.45, 7) is 5.52. The maximum atomic E-state index is 11.4. The molecular weight excluding hydrogens is 218 g/mol. The standard InChI is InChI=1S/C12H17N3O2/c1-3-9(2)15-12(17)14-8-11(16)10-4-6-13-7-5-10/h3-7,9,11,16H,1,8H2,2H3,(H2,14,15,17). The van der Waals surface area contributed by atoms with Gasteiger partial charge in [-0.05, 0) is 24.6 Å². The minimum Gasteiger partial charge on any atom is -0.387 e. The highest BCUT2D eigenvalue weighted by atomic mass is 16.3. The van der Waals surface area contributed by atoms with Crippen molar-refractivity contribution in [3.8, 4) is 0 Å². The summed E-state index contributed by atoms with van der Waals surface area (Å²) >= 11 is 0. The van der Waals surface area contributed by atoms with E-state index in [0.29, 0.717) is 0 Å². The van der Waals surface area contributed by atoms with E-state index in [9.17, 15) is 9.90 Å².